The third-order valence-electron chi connectivity index (χ3n) is 2.56. The van der Waals surface area contributed by atoms with E-state index in [0.717, 1.165) is 0 Å². The summed E-state index contributed by atoms with van der Waals surface area (Å²) in [6.07, 6.45) is -0.718. The molecule has 18 heavy (non-hydrogen) atoms. The van der Waals surface area contributed by atoms with E-state index in [-0.39, 0.29) is 10.6 Å². The normalized spacial score (nSPS) is 13.5. The molecule has 0 saturated heterocycles. The number of benzene rings is 1. The lowest BCUT2D eigenvalue weighted by molar-refractivity contribution is 0.0192. The van der Waals surface area contributed by atoms with Crippen molar-refractivity contribution in [3.63, 3.8) is 0 Å². The molecule has 0 radical (unpaired) electrons. The Balaban J connectivity index is 3.23. The number of carbonyl (C=O) groups excluding carboxylic acids is 1. The van der Waals surface area contributed by atoms with Gasteiger partial charge >= 0.3 is 0 Å². The maximum Gasteiger partial charge on any atom is 0.195 e. The molecule has 0 amide bonds. The SMILES string of the molecule is COC(C(=O)c1ccc(Br)c(Cl)c1F)C(C)(C)C. The van der Waals surface area contributed by atoms with Crippen molar-refractivity contribution in [2.24, 2.45) is 5.41 Å². The minimum atomic E-state index is -0.720. The highest BCUT2D eigenvalue weighted by Crippen LogP contribution is 2.31. The molecule has 0 spiro atoms. The molecule has 100 valence electrons. The number of carbonyl (C=O) groups is 1. The summed E-state index contributed by atoms with van der Waals surface area (Å²) in [6, 6.07) is 2.96. The first kappa shape index (κ1) is 15.6. The quantitative estimate of drug-likeness (QED) is 0.600. The average Bonchev–Trinajstić information content (AvgIpc) is 2.25. The fourth-order valence-corrected chi connectivity index (χ4v) is 2.18. The topological polar surface area (TPSA) is 26.3 Å². The predicted octanol–water partition coefficient (Wildman–Crippen LogP) is 4.49. The van der Waals surface area contributed by atoms with Crippen molar-refractivity contribution in [2.45, 2.75) is 26.9 Å². The van der Waals surface area contributed by atoms with Crippen LogP contribution in [0.2, 0.25) is 5.02 Å². The molecule has 0 aliphatic heterocycles. The monoisotopic (exact) mass is 336 g/mol. The van der Waals surface area contributed by atoms with E-state index in [1.54, 1.807) is 6.07 Å². The van der Waals surface area contributed by atoms with Crippen LogP contribution in [0.4, 0.5) is 4.39 Å². The number of hydrogen-bond donors (Lipinski definition) is 0. The van der Waals surface area contributed by atoms with Gasteiger partial charge in [0, 0.05) is 11.6 Å². The summed E-state index contributed by atoms with van der Waals surface area (Å²) in [5, 5.41) is -0.0930. The summed E-state index contributed by atoms with van der Waals surface area (Å²) in [7, 11) is 1.44. The fraction of sp³-hybridized carbons (Fsp3) is 0.462. The number of halogens is 3. The lowest BCUT2D eigenvalue weighted by atomic mass is 9.84. The molecule has 2 nitrogen and oxygen atoms in total. The lowest BCUT2D eigenvalue weighted by Gasteiger charge is -2.28. The van der Waals surface area contributed by atoms with Gasteiger partial charge < -0.3 is 4.74 Å². The second-order valence-electron chi connectivity index (χ2n) is 5.07. The van der Waals surface area contributed by atoms with E-state index in [1.165, 1.54) is 13.2 Å². The first-order valence-corrected chi connectivity index (χ1v) is 6.57. The van der Waals surface area contributed by atoms with E-state index in [0.29, 0.717) is 4.47 Å². The van der Waals surface area contributed by atoms with Crippen molar-refractivity contribution in [3.8, 4) is 0 Å². The van der Waals surface area contributed by atoms with Crippen LogP contribution in [0.15, 0.2) is 16.6 Å². The molecule has 0 aromatic heterocycles. The van der Waals surface area contributed by atoms with Gasteiger partial charge in [0.15, 0.2) is 11.6 Å². The van der Waals surface area contributed by atoms with Crippen LogP contribution in [0.3, 0.4) is 0 Å². The molecular formula is C13H15BrClFO2. The van der Waals surface area contributed by atoms with Crippen molar-refractivity contribution >= 4 is 33.3 Å². The van der Waals surface area contributed by atoms with Crippen molar-refractivity contribution in [1.29, 1.82) is 0 Å². The van der Waals surface area contributed by atoms with Crippen molar-refractivity contribution in [1.82, 2.24) is 0 Å². The molecule has 1 aromatic carbocycles. The first-order valence-electron chi connectivity index (χ1n) is 5.40. The van der Waals surface area contributed by atoms with Crippen LogP contribution in [-0.4, -0.2) is 19.0 Å². The molecular weight excluding hydrogens is 322 g/mol. The Morgan fingerprint density at radius 2 is 2.00 bits per heavy atom. The smallest absolute Gasteiger partial charge is 0.195 e. The molecule has 0 bridgehead atoms. The van der Waals surface area contributed by atoms with Gasteiger partial charge in [0.05, 0.1) is 10.6 Å². The Morgan fingerprint density at radius 3 is 2.44 bits per heavy atom. The zero-order valence-corrected chi connectivity index (χ0v) is 13.0. The number of Topliss-reactive ketones (excluding diaryl/α,β-unsaturated/α-hetero) is 1. The fourth-order valence-electron chi connectivity index (χ4n) is 1.71. The van der Waals surface area contributed by atoms with Gasteiger partial charge in [-0.15, -0.1) is 0 Å². The van der Waals surface area contributed by atoms with Crippen molar-refractivity contribution < 1.29 is 13.9 Å². The summed E-state index contributed by atoms with van der Waals surface area (Å²) in [5.74, 6) is -1.13. The average molecular weight is 338 g/mol. The van der Waals surface area contributed by atoms with Gasteiger partial charge in [0.1, 0.15) is 6.10 Å². The molecule has 1 rings (SSSR count). The summed E-state index contributed by atoms with van der Waals surface area (Å²) in [6.45, 7) is 5.58. The summed E-state index contributed by atoms with van der Waals surface area (Å²) in [4.78, 5) is 12.3. The number of hydrogen-bond acceptors (Lipinski definition) is 2. The Bertz CT molecular complexity index is 469. The second-order valence-corrected chi connectivity index (χ2v) is 6.30. The van der Waals surface area contributed by atoms with Crippen LogP contribution in [-0.2, 0) is 4.74 Å². The summed E-state index contributed by atoms with van der Waals surface area (Å²) in [5.41, 5.74) is -0.470. The van der Waals surface area contributed by atoms with E-state index in [1.807, 2.05) is 20.8 Å². The molecule has 0 aliphatic rings. The molecule has 0 heterocycles. The Labute approximate surface area is 120 Å². The molecule has 1 atom stereocenters. The van der Waals surface area contributed by atoms with E-state index >= 15 is 0 Å². The highest BCUT2D eigenvalue weighted by molar-refractivity contribution is 9.10. The lowest BCUT2D eigenvalue weighted by Crippen LogP contribution is -2.36. The van der Waals surface area contributed by atoms with Gasteiger partial charge in [-0.3, -0.25) is 4.79 Å². The van der Waals surface area contributed by atoms with E-state index in [9.17, 15) is 9.18 Å². The highest BCUT2D eigenvalue weighted by atomic mass is 79.9. The van der Waals surface area contributed by atoms with Crippen LogP contribution < -0.4 is 0 Å². The van der Waals surface area contributed by atoms with Gasteiger partial charge in [0.25, 0.3) is 0 Å². The number of rotatable bonds is 3. The first-order chi connectivity index (χ1) is 8.20. The Hall–Kier alpha value is -0.450. The Morgan fingerprint density at radius 1 is 1.44 bits per heavy atom. The third-order valence-corrected chi connectivity index (χ3v) is 3.82. The van der Waals surface area contributed by atoms with E-state index < -0.39 is 23.1 Å². The minimum Gasteiger partial charge on any atom is -0.373 e. The van der Waals surface area contributed by atoms with Crippen molar-refractivity contribution in [2.75, 3.05) is 7.11 Å². The summed E-state index contributed by atoms with van der Waals surface area (Å²) < 4.78 is 19.6. The van der Waals surface area contributed by atoms with Gasteiger partial charge in [-0.2, -0.15) is 0 Å². The predicted molar refractivity (Wildman–Crippen MR) is 73.7 cm³/mol. The molecule has 0 fully saturated rings. The van der Waals surface area contributed by atoms with Gasteiger partial charge in [0.2, 0.25) is 0 Å². The largest absolute Gasteiger partial charge is 0.373 e. The summed E-state index contributed by atoms with van der Waals surface area (Å²) >= 11 is 8.88. The zero-order chi connectivity index (χ0) is 14.1. The van der Waals surface area contributed by atoms with Gasteiger partial charge in [-0.1, -0.05) is 32.4 Å². The van der Waals surface area contributed by atoms with Crippen LogP contribution in [0, 0.1) is 11.2 Å². The van der Waals surface area contributed by atoms with Crippen LogP contribution in [0.5, 0.6) is 0 Å². The molecule has 0 saturated carbocycles. The van der Waals surface area contributed by atoms with E-state index in [4.69, 9.17) is 16.3 Å². The van der Waals surface area contributed by atoms with Crippen LogP contribution in [0.25, 0.3) is 0 Å². The number of ether oxygens (including phenoxy) is 1. The van der Waals surface area contributed by atoms with Crippen LogP contribution in [0.1, 0.15) is 31.1 Å². The van der Waals surface area contributed by atoms with E-state index in [2.05, 4.69) is 15.9 Å². The van der Waals surface area contributed by atoms with Crippen molar-refractivity contribution in [3.05, 3.63) is 33.0 Å². The maximum atomic E-state index is 14.0. The molecule has 5 heteroatoms. The van der Waals surface area contributed by atoms with Crippen LogP contribution >= 0.6 is 27.5 Å². The minimum absolute atomic E-state index is 0.0509. The molecule has 0 N–H and O–H groups in total. The van der Waals surface area contributed by atoms with Gasteiger partial charge in [-0.25, -0.2) is 4.39 Å². The maximum absolute atomic E-state index is 14.0. The molecule has 0 aliphatic carbocycles. The molecule has 1 aromatic rings. The zero-order valence-electron chi connectivity index (χ0n) is 10.7. The molecule has 1 unspecified atom stereocenters. The number of methoxy groups -OCH3 is 1. The Kier molecular flexibility index (Phi) is 4.92. The highest BCUT2D eigenvalue weighted by Gasteiger charge is 2.33. The second kappa shape index (κ2) is 5.68. The number of ketones is 1. The third kappa shape index (κ3) is 3.11. The van der Waals surface area contributed by atoms with Gasteiger partial charge in [-0.05, 0) is 33.5 Å². The standard InChI is InChI=1S/C13H15BrClFO2/c1-13(2,3)12(18-4)11(17)7-5-6-8(14)9(15)10(7)16/h5-6,12H,1-4H3.